The summed E-state index contributed by atoms with van der Waals surface area (Å²) in [5.41, 5.74) is 7.64. The molecule has 3 heterocycles. The van der Waals surface area contributed by atoms with Crippen LogP contribution in [0.1, 0.15) is 54.2 Å². The number of likely N-dealkylation sites (tertiary alicyclic amines) is 1. The molecule has 1 aromatic heterocycles. The summed E-state index contributed by atoms with van der Waals surface area (Å²) >= 11 is 0. The van der Waals surface area contributed by atoms with Gasteiger partial charge in [-0.3, -0.25) is 0 Å². The number of ether oxygens (including phenoxy) is 1. The molecule has 1 atom stereocenters. The predicted octanol–water partition coefficient (Wildman–Crippen LogP) is 6.78. The van der Waals surface area contributed by atoms with Crippen LogP contribution in [-0.2, 0) is 6.54 Å². The zero-order chi connectivity index (χ0) is 25.4. The minimum atomic E-state index is 0.115. The Labute approximate surface area is 218 Å². The number of amides is 2. The van der Waals surface area contributed by atoms with Gasteiger partial charge in [-0.25, -0.2) is 9.78 Å². The first-order chi connectivity index (χ1) is 18.1. The van der Waals surface area contributed by atoms with Gasteiger partial charge in [0.05, 0.1) is 30.2 Å². The van der Waals surface area contributed by atoms with E-state index in [1.807, 2.05) is 17.9 Å². The molecule has 3 aromatic carbocycles. The molecule has 6 rings (SSSR count). The zero-order valence-electron chi connectivity index (χ0n) is 21.7. The molecular weight excluding hydrogens is 460 g/mol. The summed E-state index contributed by atoms with van der Waals surface area (Å²) in [5, 5.41) is 0. The first-order valence-electron chi connectivity index (χ1n) is 13.4. The molecule has 4 aromatic rings. The summed E-state index contributed by atoms with van der Waals surface area (Å²) in [4.78, 5) is 26.0. The van der Waals surface area contributed by atoms with Crippen molar-refractivity contribution in [2.75, 3.05) is 19.7 Å². The second kappa shape index (κ2) is 9.92. The number of carbonyl (C=O) groups is 1. The number of imidazole rings is 1. The molecule has 0 bridgehead atoms. The summed E-state index contributed by atoms with van der Waals surface area (Å²) in [5.74, 6) is 1.82. The second-order valence-corrected chi connectivity index (χ2v) is 10.4. The Bertz CT molecular complexity index is 1430. The molecule has 1 N–H and O–H groups in total. The number of hydrogen-bond acceptors (Lipinski definition) is 3. The molecular formula is C31H34N4O2. The van der Waals surface area contributed by atoms with Gasteiger partial charge < -0.3 is 19.5 Å². The lowest BCUT2D eigenvalue weighted by atomic mass is 9.98. The predicted molar refractivity (Wildman–Crippen MR) is 147 cm³/mol. The number of aryl methyl sites for hydroxylation is 2. The maximum atomic E-state index is 14.0. The number of rotatable bonds is 2. The van der Waals surface area contributed by atoms with Crippen molar-refractivity contribution < 1.29 is 9.53 Å². The van der Waals surface area contributed by atoms with E-state index < -0.39 is 0 Å². The van der Waals surface area contributed by atoms with Crippen LogP contribution in [-0.4, -0.2) is 45.5 Å². The maximum Gasteiger partial charge on any atom is 0.320 e. The van der Waals surface area contributed by atoms with Crippen LogP contribution in [0.25, 0.3) is 22.2 Å². The van der Waals surface area contributed by atoms with Gasteiger partial charge in [-0.2, -0.15) is 0 Å². The Morgan fingerprint density at radius 3 is 2.70 bits per heavy atom. The van der Waals surface area contributed by atoms with E-state index in [1.165, 1.54) is 12.0 Å². The molecule has 190 valence electrons. The molecule has 1 fully saturated rings. The first kappa shape index (κ1) is 23.6. The van der Waals surface area contributed by atoms with Gasteiger partial charge in [0.2, 0.25) is 0 Å². The lowest BCUT2D eigenvalue weighted by Gasteiger charge is -2.35. The molecule has 1 unspecified atom stereocenters. The average molecular weight is 495 g/mol. The summed E-state index contributed by atoms with van der Waals surface area (Å²) in [6.45, 7) is 6.50. The van der Waals surface area contributed by atoms with Crippen molar-refractivity contribution in [1.29, 1.82) is 0 Å². The van der Waals surface area contributed by atoms with Crippen molar-refractivity contribution in [1.82, 2.24) is 19.8 Å². The highest BCUT2D eigenvalue weighted by atomic mass is 16.5. The highest BCUT2D eigenvalue weighted by Crippen LogP contribution is 2.36. The standard InChI is InChI=1S/C31H34N4O2/c1-21-17-25(24-12-13-27-28(19-24)33-22(2)32-27)18-26-20-34(15-16-37-30(21)26)31(36)35-14-8-4-7-11-29(35)23-9-5-3-6-10-23/h3,5-6,9-10,12-13,17-19,29H,4,7-8,11,14-16,20H2,1-2H3,(H,32,33). The zero-order valence-corrected chi connectivity index (χ0v) is 21.7. The number of urea groups is 1. The summed E-state index contributed by atoms with van der Waals surface area (Å²) in [7, 11) is 0. The van der Waals surface area contributed by atoms with E-state index in [2.05, 4.69) is 76.4 Å². The number of H-pyrrole nitrogens is 1. The molecule has 0 saturated carbocycles. The maximum absolute atomic E-state index is 14.0. The van der Waals surface area contributed by atoms with Crippen molar-refractivity contribution >= 4 is 17.1 Å². The minimum Gasteiger partial charge on any atom is -0.491 e. The van der Waals surface area contributed by atoms with E-state index in [0.717, 1.165) is 70.7 Å². The van der Waals surface area contributed by atoms with Crippen LogP contribution in [0.15, 0.2) is 60.7 Å². The fourth-order valence-corrected chi connectivity index (χ4v) is 5.90. The van der Waals surface area contributed by atoms with Gasteiger partial charge in [0.15, 0.2) is 0 Å². The average Bonchev–Trinajstić information content (AvgIpc) is 3.07. The Morgan fingerprint density at radius 2 is 1.84 bits per heavy atom. The number of aromatic amines is 1. The largest absolute Gasteiger partial charge is 0.491 e. The van der Waals surface area contributed by atoms with Crippen molar-refractivity contribution in [3.05, 3.63) is 83.2 Å². The second-order valence-electron chi connectivity index (χ2n) is 10.4. The number of fused-ring (bicyclic) bond motifs is 2. The van der Waals surface area contributed by atoms with E-state index >= 15 is 0 Å². The molecule has 6 nitrogen and oxygen atoms in total. The van der Waals surface area contributed by atoms with Gasteiger partial charge in [-0.05, 0) is 73.2 Å². The summed E-state index contributed by atoms with van der Waals surface area (Å²) < 4.78 is 6.22. The number of benzene rings is 3. The third-order valence-corrected chi connectivity index (χ3v) is 7.71. The number of aromatic nitrogens is 2. The molecule has 2 amide bonds. The Balaban J connectivity index is 1.31. The number of hydrogen-bond donors (Lipinski definition) is 1. The van der Waals surface area contributed by atoms with Gasteiger partial charge in [0, 0.05) is 12.1 Å². The highest BCUT2D eigenvalue weighted by molar-refractivity contribution is 5.82. The van der Waals surface area contributed by atoms with E-state index in [9.17, 15) is 4.79 Å². The molecule has 2 aliphatic rings. The normalized spacial score (nSPS) is 18.2. The molecule has 37 heavy (non-hydrogen) atoms. The van der Waals surface area contributed by atoms with Crippen molar-refractivity contribution in [3.63, 3.8) is 0 Å². The Morgan fingerprint density at radius 1 is 0.973 bits per heavy atom. The van der Waals surface area contributed by atoms with Crippen LogP contribution in [0.5, 0.6) is 5.75 Å². The molecule has 0 spiro atoms. The highest BCUT2D eigenvalue weighted by Gasteiger charge is 2.31. The fourth-order valence-electron chi connectivity index (χ4n) is 5.90. The van der Waals surface area contributed by atoms with Gasteiger partial charge >= 0.3 is 6.03 Å². The molecule has 1 saturated heterocycles. The van der Waals surface area contributed by atoms with Crippen LogP contribution < -0.4 is 4.74 Å². The van der Waals surface area contributed by atoms with Gasteiger partial charge in [0.1, 0.15) is 18.2 Å². The quantitative estimate of drug-likeness (QED) is 0.334. The lowest BCUT2D eigenvalue weighted by molar-refractivity contribution is 0.127. The van der Waals surface area contributed by atoms with Crippen LogP contribution >= 0.6 is 0 Å². The molecule has 6 heteroatoms. The fraction of sp³-hybridized carbons (Fsp3) is 0.355. The van der Waals surface area contributed by atoms with Crippen molar-refractivity contribution in [2.45, 2.75) is 52.1 Å². The van der Waals surface area contributed by atoms with E-state index in [0.29, 0.717) is 19.7 Å². The Kier molecular flexibility index (Phi) is 6.33. The van der Waals surface area contributed by atoms with Crippen LogP contribution in [0.2, 0.25) is 0 Å². The first-order valence-corrected chi connectivity index (χ1v) is 13.4. The lowest BCUT2D eigenvalue weighted by Crippen LogP contribution is -2.45. The smallest absolute Gasteiger partial charge is 0.320 e. The van der Waals surface area contributed by atoms with E-state index in [4.69, 9.17) is 4.74 Å². The van der Waals surface area contributed by atoms with Crippen LogP contribution in [0, 0.1) is 13.8 Å². The van der Waals surface area contributed by atoms with E-state index in [1.54, 1.807) is 0 Å². The van der Waals surface area contributed by atoms with Gasteiger partial charge in [0.25, 0.3) is 0 Å². The van der Waals surface area contributed by atoms with Crippen molar-refractivity contribution in [2.24, 2.45) is 0 Å². The SMILES string of the molecule is Cc1nc2ccc(-c3cc(C)c4c(c3)CN(C(=O)N3CCCCCC3c3ccccc3)CCO4)cc2[nH]1. The summed E-state index contributed by atoms with van der Waals surface area (Å²) in [6, 6.07) is 21.4. The number of nitrogens with one attached hydrogen (secondary N) is 1. The molecule has 0 radical (unpaired) electrons. The van der Waals surface area contributed by atoms with Crippen LogP contribution in [0.4, 0.5) is 4.79 Å². The van der Waals surface area contributed by atoms with Crippen molar-refractivity contribution in [3.8, 4) is 16.9 Å². The monoisotopic (exact) mass is 494 g/mol. The number of nitrogens with zero attached hydrogens (tertiary/aromatic N) is 3. The third-order valence-electron chi connectivity index (χ3n) is 7.71. The molecule has 2 aliphatic heterocycles. The topological polar surface area (TPSA) is 61.5 Å². The van der Waals surface area contributed by atoms with Gasteiger partial charge in [-0.1, -0.05) is 49.2 Å². The van der Waals surface area contributed by atoms with Gasteiger partial charge in [-0.15, -0.1) is 0 Å². The molecule has 0 aliphatic carbocycles. The summed E-state index contributed by atoms with van der Waals surface area (Å²) in [6.07, 6.45) is 4.38. The number of carbonyl (C=O) groups excluding carboxylic acids is 1. The van der Waals surface area contributed by atoms with E-state index in [-0.39, 0.29) is 12.1 Å². The third kappa shape index (κ3) is 4.68. The Hall–Kier alpha value is -3.80. The van der Waals surface area contributed by atoms with Crippen LogP contribution in [0.3, 0.4) is 0 Å². The minimum absolute atomic E-state index is 0.115.